The van der Waals surface area contributed by atoms with Crippen molar-refractivity contribution in [2.24, 2.45) is 5.92 Å². The van der Waals surface area contributed by atoms with E-state index < -0.39 is 0 Å². The minimum Gasteiger partial charge on any atom is -0.379 e. The van der Waals surface area contributed by atoms with Crippen LogP contribution >= 0.6 is 11.3 Å². The number of nitrogens with zero attached hydrogens (tertiary/aromatic N) is 4. The maximum Gasteiger partial charge on any atom is 0.228 e. The Morgan fingerprint density at radius 2 is 2.35 bits per heavy atom. The molecule has 122 valence electrons. The third-order valence-corrected chi connectivity index (χ3v) is 4.63. The highest BCUT2D eigenvalue weighted by Gasteiger charge is 2.23. The van der Waals surface area contributed by atoms with Crippen molar-refractivity contribution >= 4 is 17.2 Å². The van der Waals surface area contributed by atoms with E-state index in [1.54, 1.807) is 29.9 Å². The largest absolute Gasteiger partial charge is 0.379 e. The van der Waals surface area contributed by atoms with Gasteiger partial charge in [0.25, 0.3) is 0 Å². The zero-order valence-electron chi connectivity index (χ0n) is 13.1. The number of hydrogen-bond donors (Lipinski definition) is 0. The van der Waals surface area contributed by atoms with Gasteiger partial charge in [-0.05, 0) is 13.3 Å². The van der Waals surface area contributed by atoms with Crippen LogP contribution in [0, 0.1) is 12.8 Å². The summed E-state index contributed by atoms with van der Waals surface area (Å²) in [5.41, 5.74) is 1.79. The average molecular weight is 332 g/mol. The van der Waals surface area contributed by atoms with Gasteiger partial charge in [-0.15, -0.1) is 11.3 Å². The normalized spacial score (nSPS) is 18.7. The minimum atomic E-state index is 0.116. The number of amides is 1. The van der Waals surface area contributed by atoms with Crippen LogP contribution in [0.1, 0.15) is 16.4 Å². The van der Waals surface area contributed by atoms with E-state index in [9.17, 15) is 4.79 Å². The van der Waals surface area contributed by atoms with Gasteiger partial charge in [-0.3, -0.25) is 14.8 Å². The first-order valence-corrected chi connectivity index (χ1v) is 8.60. The Bertz CT molecular complexity index is 647. The number of hydrogen-bond acceptors (Lipinski definition) is 6. The fourth-order valence-electron chi connectivity index (χ4n) is 2.72. The van der Waals surface area contributed by atoms with Crippen molar-refractivity contribution in [1.82, 2.24) is 19.9 Å². The summed E-state index contributed by atoms with van der Waals surface area (Å²) in [6.45, 7) is 4.52. The number of carbonyl (C=O) groups excluding carboxylic acids is 1. The standard InChI is InChI=1S/C16H20N4O2S/c1-12-19-15(11-23-12)7-16(21)20-4-5-22-10-13(9-20)6-14-8-17-2-3-18-14/h2-3,8,11,13H,4-7,9-10H2,1H3/t13-/m0/s1. The van der Waals surface area contributed by atoms with Gasteiger partial charge < -0.3 is 9.64 Å². The maximum atomic E-state index is 12.5. The topological polar surface area (TPSA) is 68.2 Å². The Hall–Kier alpha value is -1.86. The fourth-order valence-corrected chi connectivity index (χ4v) is 3.33. The van der Waals surface area contributed by atoms with Crippen molar-refractivity contribution < 1.29 is 9.53 Å². The van der Waals surface area contributed by atoms with Gasteiger partial charge in [0, 0.05) is 43.0 Å². The van der Waals surface area contributed by atoms with E-state index in [1.165, 1.54) is 0 Å². The van der Waals surface area contributed by atoms with E-state index in [-0.39, 0.29) is 11.8 Å². The molecule has 2 aromatic rings. The number of ether oxygens (including phenoxy) is 1. The molecule has 1 saturated heterocycles. The van der Waals surface area contributed by atoms with Crippen molar-refractivity contribution in [3.8, 4) is 0 Å². The molecule has 1 fully saturated rings. The number of thiazole rings is 1. The van der Waals surface area contributed by atoms with Crippen molar-refractivity contribution in [3.63, 3.8) is 0 Å². The van der Waals surface area contributed by atoms with Crippen molar-refractivity contribution in [1.29, 1.82) is 0 Å². The summed E-state index contributed by atoms with van der Waals surface area (Å²) in [4.78, 5) is 27.2. The number of aromatic nitrogens is 3. The molecule has 2 aromatic heterocycles. The molecule has 23 heavy (non-hydrogen) atoms. The van der Waals surface area contributed by atoms with Crippen LogP contribution in [-0.2, 0) is 22.4 Å². The molecular formula is C16H20N4O2S. The Morgan fingerprint density at radius 1 is 1.43 bits per heavy atom. The first kappa shape index (κ1) is 16.0. The molecule has 0 aromatic carbocycles. The summed E-state index contributed by atoms with van der Waals surface area (Å²) in [6.07, 6.45) is 6.27. The van der Waals surface area contributed by atoms with Crippen LogP contribution in [0.15, 0.2) is 24.0 Å². The first-order valence-electron chi connectivity index (χ1n) is 7.72. The lowest BCUT2D eigenvalue weighted by Crippen LogP contribution is -2.37. The summed E-state index contributed by atoms with van der Waals surface area (Å²) in [7, 11) is 0. The molecule has 1 amide bonds. The molecule has 6 nitrogen and oxygen atoms in total. The van der Waals surface area contributed by atoms with Gasteiger partial charge in [0.05, 0.1) is 36.0 Å². The molecular weight excluding hydrogens is 312 g/mol. The molecule has 0 radical (unpaired) electrons. The molecule has 7 heteroatoms. The molecule has 3 rings (SSSR count). The zero-order chi connectivity index (χ0) is 16.1. The van der Waals surface area contributed by atoms with Crippen LogP contribution in [0.25, 0.3) is 0 Å². The molecule has 0 unspecified atom stereocenters. The van der Waals surface area contributed by atoms with Gasteiger partial charge in [-0.2, -0.15) is 0 Å². The van der Waals surface area contributed by atoms with E-state index in [1.807, 2.05) is 17.2 Å². The molecule has 1 aliphatic rings. The minimum absolute atomic E-state index is 0.116. The molecule has 3 heterocycles. The molecule has 1 atom stereocenters. The zero-order valence-corrected chi connectivity index (χ0v) is 14.0. The Kier molecular flexibility index (Phi) is 5.30. The van der Waals surface area contributed by atoms with Gasteiger partial charge in [0.15, 0.2) is 0 Å². The van der Waals surface area contributed by atoms with Crippen LogP contribution in [0.4, 0.5) is 0 Å². The average Bonchev–Trinajstić information content (AvgIpc) is 2.82. The lowest BCUT2D eigenvalue weighted by atomic mass is 10.0. The predicted octanol–water partition coefficient (Wildman–Crippen LogP) is 1.50. The van der Waals surface area contributed by atoms with Crippen LogP contribution in [0.2, 0.25) is 0 Å². The molecule has 0 spiro atoms. The highest BCUT2D eigenvalue weighted by Crippen LogP contribution is 2.14. The highest BCUT2D eigenvalue weighted by atomic mass is 32.1. The van der Waals surface area contributed by atoms with Crippen LogP contribution < -0.4 is 0 Å². The van der Waals surface area contributed by atoms with E-state index in [0.717, 1.165) is 22.8 Å². The third kappa shape index (κ3) is 4.56. The SMILES string of the molecule is Cc1nc(CC(=O)N2CCOC[C@@H](Cc3cnccn3)C2)cs1. The molecule has 0 saturated carbocycles. The summed E-state index contributed by atoms with van der Waals surface area (Å²) in [5, 5.41) is 2.95. The Labute approximate surface area is 139 Å². The number of aryl methyl sites for hydroxylation is 1. The van der Waals surface area contributed by atoms with Crippen LogP contribution in [0.5, 0.6) is 0 Å². The quantitative estimate of drug-likeness (QED) is 0.849. The van der Waals surface area contributed by atoms with Crippen molar-refractivity contribution in [2.75, 3.05) is 26.3 Å². The van der Waals surface area contributed by atoms with E-state index in [4.69, 9.17) is 4.74 Å². The van der Waals surface area contributed by atoms with Crippen molar-refractivity contribution in [2.45, 2.75) is 19.8 Å². The smallest absolute Gasteiger partial charge is 0.228 e. The fraction of sp³-hybridized carbons (Fsp3) is 0.500. The summed E-state index contributed by atoms with van der Waals surface area (Å²) in [5.74, 6) is 0.361. The third-order valence-electron chi connectivity index (χ3n) is 3.80. The number of carbonyl (C=O) groups is 1. The van der Waals surface area contributed by atoms with Crippen LogP contribution in [0.3, 0.4) is 0 Å². The Morgan fingerprint density at radius 3 is 3.09 bits per heavy atom. The van der Waals surface area contributed by atoms with E-state index in [0.29, 0.717) is 32.7 Å². The van der Waals surface area contributed by atoms with Gasteiger partial charge >= 0.3 is 0 Å². The summed E-state index contributed by atoms with van der Waals surface area (Å²) in [6, 6.07) is 0. The molecule has 0 N–H and O–H groups in total. The van der Waals surface area contributed by atoms with Crippen molar-refractivity contribution in [3.05, 3.63) is 40.4 Å². The second kappa shape index (κ2) is 7.61. The number of rotatable bonds is 4. The predicted molar refractivity (Wildman–Crippen MR) is 87.2 cm³/mol. The van der Waals surface area contributed by atoms with Gasteiger partial charge in [-0.1, -0.05) is 0 Å². The molecule has 0 aliphatic carbocycles. The van der Waals surface area contributed by atoms with Gasteiger partial charge in [0.2, 0.25) is 5.91 Å². The summed E-state index contributed by atoms with van der Waals surface area (Å²) < 4.78 is 5.66. The lowest BCUT2D eigenvalue weighted by molar-refractivity contribution is -0.130. The lowest BCUT2D eigenvalue weighted by Gasteiger charge is -2.23. The van der Waals surface area contributed by atoms with Gasteiger partial charge in [0.1, 0.15) is 0 Å². The van der Waals surface area contributed by atoms with E-state index in [2.05, 4.69) is 15.0 Å². The van der Waals surface area contributed by atoms with Crippen LogP contribution in [-0.4, -0.2) is 52.1 Å². The second-order valence-electron chi connectivity index (χ2n) is 5.72. The first-order chi connectivity index (χ1) is 11.2. The Balaban J connectivity index is 1.61. The van der Waals surface area contributed by atoms with E-state index >= 15 is 0 Å². The maximum absolute atomic E-state index is 12.5. The highest BCUT2D eigenvalue weighted by molar-refractivity contribution is 7.09. The monoisotopic (exact) mass is 332 g/mol. The van der Waals surface area contributed by atoms with Gasteiger partial charge in [-0.25, -0.2) is 4.98 Å². The summed E-state index contributed by atoms with van der Waals surface area (Å²) >= 11 is 1.58. The molecule has 1 aliphatic heterocycles. The molecule has 0 bridgehead atoms. The second-order valence-corrected chi connectivity index (χ2v) is 6.78.